The summed E-state index contributed by atoms with van der Waals surface area (Å²) in [6.45, 7) is 0. The molecule has 19 heavy (non-hydrogen) atoms. The number of rotatable bonds is 3. The lowest BCUT2D eigenvalue weighted by Crippen LogP contribution is -2.17. The van der Waals surface area contributed by atoms with Crippen LogP contribution < -0.4 is 5.43 Å². The average molecular weight is 275 g/mol. The molecule has 0 aliphatic carbocycles. The van der Waals surface area contributed by atoms with Crippen LogP contribution in [0.3, 0.4) is 0 Å². The number of phenolic OH excluding ortho intramolecular Hbond substituents is 1. The second-order valence-corrected chi connectivity index (χ2v) is 4.14. The van der Waals surface area contributed by atoms with Crippen molar-refractivity contribution in [2.75, 3.05) is 0 Å². The van der Waals surface area contributed by atoms with Crippen molar-refractivity contribution in [3.8, 4) is 5.75 Å². The lowest BCUT2D eigenvalue weighted by Gasteiger charge is -2.02. The van der Waals surface area contributed by atoms with Gasteiger partial charge in [-0.1, -0.05) is 41.9 Å². The van der Waals surface area contributed by atoms with Crippen molar-refractivity contribution < 1.29 is 9.90 Å². The zero-order valence-electron chi connectivity index (χ0n) is 9.88. The van der Waals surface area contributed by atoms with Crippen LogP contribution >= 0.6 is 11.6 Å². The number of phenols is 1. The molecule has 2 aromatic carbocycles. The summed E-state index contributed by atoms with van der Waals surface area (Å²) in [5, 5.41) is 13.9. The SMILES string of the molecule is O=C(NN=Cc1ccccc1Cl)c1ccccc1O. The second-order valence-electron chi connectivity index (χ2n) is 3.74. The fourth-order valence-corrected chi connectivity index (χ4v) is 1.65. The number of aromatic hydroxyl groups is 1. The molecule has 0 spiro atoms. The Morgan fingerprint density at radius 1 is 1.16 bits per heavy atom. The zero-order chi connectivity index (χ0) is 13.7. The Morgan fingerprint density at radius 3 is 2.58 bits per heavy atom. The van der Waals surface area contributed by atoms with Crippen LogP contribution in [-0.4, -0.2) is 17.2 Å². The molecule has 0 saturated heterocycles. The second kappa shape index (κ2) is 6.02. The summed E-state index contributed by atoms with van der Waals surface area (Å²) < 4.78 is 0. The molecule has 0 bridgehead atoms. The highest BCUT2D eigenvalue weighted by atomic mass is 35.5. The van der Waals surface area contributed by atoms with Crippen LogP contribution in [0.15, 0.2) is 53.6 Å². The number of nitrogens with one attached hydrogen (secondary N) is 1. The van der Waals surface area contributed by atoms with Gasteiger partial charge in [-0.2, -0.15) is 5.10 Å². The van der Waals surface area contributed by atoms with Crippen LogP contribution in [0.4, 0.5) is 0 Å². The van der Waals surface area contributed by atoms with Gasteiger partial charge in [0.2, 0.25) is 0 Å². The number of hydrazone groups is 1. The van der Waals surface area contributed by atoms with Gasteiger partial charge < -0.3 is 5.11 Å². The Hall–Kier alpha value is -2.33. The zero-order valence-corrected chi connectivity index (χ0v) is 10.6. The van der Waals surface area contributed by atoms with Gasteiger partial charge in [0.05, 0.1) is 11.8 Å². The molecule has 0 aliphatic heterocycles. The van der Waals surface area contributed by atoms with E-state index in [0.717, 1.165) is 0 Å². The summed E-state index contributed by atoms with van der Waals surface area (Å²) in [4.78, 5) is 11.7. The summed E-state index contributed by atoms with van der Waals surface area (Å²) in [6, 6.07) is 13.4. The number of hydrogen-bond acceptors (Lipinski definition) is 3. The van der Waals surface area contributed by atoms with Crippen molar-refractivity contribution >= 4 is 23.7 Å². The summed E-state index contributed by atoms with van der Waals surface area (Å²) in [5.74, 6) is -0.575. The monoisotopic (exact) mass is 274 g/mol. The van der Waals surface area contributed by atoms with E-state index in [1.165, 1.54) is 18.3 Å². The maximum absolute atomic E-state index is 11.7. The van der Waals surface area contributed by atoms with E-state index in [9.17, 15) is 9.90 Å². The molecule has 0 atom stereocenters. The van der Waals surface area contributed by atoms with Crippen molar-refractivity contribution in [3.63, 3.8) is 0 Å². The largest absolute Gasteiger partial charge is 0.507 e. The quantitative estimate of drug-likeness (QED) is 0.668. The Labute approximate surface area is 115 Å². The molecule has 2 N–H and O–H groups in total. The van der Waals surface area contributed by atoms with Crippen molar-refractivity contribution in [2.24, 2.45) is 5.10 Å². The number of hydrogen-bond donors (Lipinski definition) is 2. The molecule has 0 aliphatic rings. The minimum Gasteiger partial charge on any atom is -0.507 e. The highest BCUT2D eigenvalue weighted by Gasteiger charge is 2.08. The molecule has 2 aromatic rings. The number of carbonyl (C=O) groups excluding carboxylic acids is 1. The summed E-state index contributed by atoms with van der Waals surface area (Å²) in [5.41, 5.74) is 3.19. The number of halogens is 1. The molecular formula is C14H11ClN2O2. The molecule has 1 amide bonds. The molecule has 2 rings (SSSR count). The fourth-order valence-electron chi connectivity index (χ4n) is 1.47. The van der Waals surface area contributed by atoms with Gasteiger partial charge in [0.15, 0.2) is 0 Å². The number of nitrogens with zero attached hydrogens (tertiary/aromatic N) is 1. The van der Waals surface area contributed by atoms with E-state index in [2.05, 4.69) is 10.5 Å². The number of para-hydroxylation sites is 1. The topological polar surface area (TPSA) is 61.7 Å². The number of carbonyl (C=O) groups is 1. The first kappa shape index (κ1) is 13.1. The highest BCUT2D eigenvalue weighted by Crippen LogP contribution is 2.15. The Kier molecular flexibility index (Phi) is 4.15. The molecule has 0 unspecified atom stereocenters. The highest BCUT2D eigenvalue weighted by molar-refractivity contribution is 6.33. The molecule has 0 aromatic heterocycles. The molecule has 0 radical (unpaired) electrons. The van der Waals surface area contributed by atoms with Gasteiger partial charge in [-0.3, -0.25) is 4.79 Å². The lowest BCUT2D eigenvalue weighted by molar-refractivity contribution is 0.0952. The first-order chi connectivity index (χ1) is 9.18. The predicted molar refractivity (Wildman–Crippen MR) is 74.6 cm³/mol. The van der Waals surface area contributed by atoms with Crippen LogP contribution in [0, 0.1) is 0 Å². The van der Waals surface area contributed by atoms with Crippen molar-refractivity contribution in [1.82, 2.24) is 5.43 Å². The van der Waals surface area contributed by atoms with E-state index in [4.69, 9.17) is 11.6 Å². The van der Waals surface area contributed by atoms with Crippen molar-refractivity contribution in [2.45, 2.75) is 0 Å². The normalized spacial score (nSPS) is 10.6. The molecular weight excluding hydrogens is 264 g/mol. The third-order valence-electron chi connectivity index (χ3n) is 2.42. The van der Waals surface area contributed by atoms with Crippen molar-refractivity contribution in [1.29, 1.82) is 0 Å². The molecule has 5 heteroatoms. The molecule has 0 saturated carbocycles. The van der Waals surface area contributed by atoms with E-state index < -0.39 is 5.91 Å². The third kappa shape index (κ3) is 3.33. The standard InChI is InChI=1S/C14H11ClN2O2/c15-12-7-3-1-5-10(12)9-16-17-14(19)11-6-2-4-8-13(11)18/h1-9,18H,(H,17,19). The summed E-state index contributed by atoms with van der Waals surface area (Å²) >= 11 is 5.94. The molecule has 96 valence electrons. The van der Waals surface area contributed by atoms with Crippen LogP contribution in [0.2, 0.25) is 5.02 Å². The van der Waals surface area contributed by atoms with Crippen LogP contribution in [0.25, 0.3) is 0 Å². The van der Waals surface area contributed by atoms with Gasteiger partial charge >= 0.3 is 0 Å². The minimum atomic E-state index is -0.485. The fraction of sp³-hybridized carbons (Fsp3) is 0. The molecule has 0 heterocycles. The smallest absolute Gasteiger partial charge is 0.275 e. The first-order valence-corrected chi connectivity index (χ1v) is 5.92. The van der Waals surface area contributed by atoms with E-state index in [1.807, 2.05) is 6.07 Å². The van der Waals surface area contributed by atoms with Gasteiger partial charge in [-0.15, -0.1) is 0 Å². The Balaban J connectivity index is 2.06. The lowest BCUT2D eigenvalue weighted by atomic mass is 10.2. The van der Waals surface area contributed by atoms with Gasteiger partial charge in [0.25, 0.3) is 5.91 Å². The van der Waals surface area contributed by atoms with E-state index in [-0.39, 0.29) is 11.3 Å². The number of amides is 1. The Morgan fingerprint density at radius 2 is 1.84 bits per heavy atom. The third-order valence-corrected chi connectivity index (χ3v) is 2.77. The first-order valence-electron chi connectivity index (χ1n) is 5.54. The van der Waals surface area contributed by atoms with Gasteiger partial charge in [0.1, 0.15) is 5.75 Å². The predicted octanol–water partition coefficient (Wildman–Crippen LogP) is 2.81. The maximum Gasteiger partial charge on any atom is 0.275 e. The average Bonchev–Trinajstić information content (AvgIpc) is 2.41. The van der Waals surface area contributed by atoms with E-state index in [0.29, 0.717) is 10.6 Å². The molecule has 0 fully saturated rings. The Bertz CT molecular complexity index is 626. The summed E-state index contributed by atoms with van der Waals surface area (Å²) in [7, 11) is 0. The van der Waals surface area contributed by atoms with Gasteiger partial charge in [-0.05, 0) is 18.2 Å². The number of benzene rings is 2. The van der Waals surface area contributed by atoms with E-state index in [1.54, 1.807) is 30.3 Å². The van der Waals surface area contributed by atoms with Gasteiger partial charge in [0, 0.05) is 10.6 Å². The van der Waals surface area contributed by atoms with Gasteiger partial charge in [-0.25, -0.2) is 5.43 Å². The molecule has 4 nitrogen and oxygen atoms in total. The summed E-state index contributed by atoms with van der Waals surface area (Å²) in [6.07, 6.45) is 1.44. The van der Waals surface area contributed by atoms with Crippen LogP contribution in [0.5, 0.6) is 5.75 Å². The van der Waals surface area contributed by atoms with Crippen molar-refractivity contribution in [3.05, 3.63) is 64.7 Å². The van der Waals surface area contributed by atoms with Crippen LogP contribution in [-0.2, 0) is 0 Å². The maximum atomic E-state index is 11.7. The van der Waals surface area contributed by atoms with Crippen LogP contribution in [0.1, 0.15) is 15.9 Å². The minimum absolute atomic E-state index is 0.0899. The van der Waals surface area contributed by atoms with E-state index >= 15 is 0 Å².